The molecule has 1 atom stereocenters. The van der Waals surface area contributed by atoms with Crippen molar-refractivity contribution in [3.63, 3.8) is 0 Å². The summed E-state index contributed by atoms with van der Waals surface area (Å²) in [5, 5.41) is 10.5. The Labute approximate surface area is 122 Å². The molecule has 0 bridgehead atoms. The Bertz CT molecular complexity index is 564. The van der Waals surface area contributed by atoms with Gasteiger partial charge in [-0.25, -0.2) is 0 Å². The predicted molar refractivity (Wildman–Crippen MR) is 84.8 cm³/mol. The van der Waals surface area contributed by atoms with E-state index in [0.29, 0.717) is 0 Å². The van der Waals surface area contributed by atoms with E-state index < -0.39 is 6.10 Å². The molecule has 0 fully saturated rings. The summed E-state index contributed by atoms with van der Waals surface area (Å²) in [6.45, 7) is 8.81. The maximum atomic E-state index is 10.5. The average molecular weight is 268 g/mol. The third-order valence-electron chi connectivity index (χ3n) is 3.32. The van der Waals surface area contributed by atoms with Crippen molar-refractivity contribution < 1.29 is 5.11 Å². The molecule has 2 aromatic carbocycles. The molecule has 1 nitrogen and oxygen atoms in total. The van der Waals surface area contributed by atoms with Gasteiger partial charge in [0.15, 0.2) is 0 Å². The molecule has 2 rings (SSSR count). The highest BCUT2D eigenvalue weighted by molar-refractivity contribution is 5.36. The number of aliphatic hydroxyl groups is 1. The van der Waals surface area contributed by atoms with Gasteiger partial charge < -0.3 is 5.11 Å². The van der Waals surface area contributed by atoms with Crippen molar-refractivity contribution in [2.24, 2.45) is 5.41 Å². The van der Waals surface area contributed by atoms with Gasteiger partial charge in [-0.15, -0.1) is 0 Å². The monoisotopic (exact) mass is 268 g/mol. The molecule has 0 radical (unpaired) electrons. The minimum Gasteiger partial charge on any atom is -0.384 e. The molecule has 0 saturated heterocycles. The molecule has 0 aliphatic carbocycles. The van der Waals surface area contributed by atoms with Crippen molar-refractivity contribution in [3.8, 4) is 0 Å². The summed E-state index contributed by atoms with van der Waals surface area (Å²) in [4.78, 5) is 0. The van der Waals surface area contributed by atoms with Crippen molar-refractivity contribution in [1.82, 2.24) is 0 Å². The van der Waals surface area contributed by atoms with Crippen molar-refractivity contribution in [2.45, 2.75) is 40.2 Å². The quantitative estimate of drug-likeness (QED) is 0.858. The summed E-state index contributed by atoms with van der Waals surface area (Å²) in [6, 6.07) is 16.3. The van der Waals surface area contributed by atoms with Gasteiger partial charge in [0.2, 0.25) is 0 Å². The molecule has 20 heavy (non-hydrogen) atoms. The van der Waals surface area contributed by atoms with E-state index in [9.17, 15) is 5.11 Å². The van der Waals surface area contributed by atoms with Crippen LogP contribution < -0.4 is 0 Å². The fourth-order valence-corrected chi connectivity index (χ4v) is 2.59. The zero-order valence-corrected chi connectivity index (χ0v) is 12.9. The first kappa shape index (κ1) is 14.8. The van der Waals surface area contributed by atoms with Crippen LogP contribution in [0.5, 0.6) is 0 Å². The Morgan fingerprint density at radius 3 is 2.20 bits per heavy atom. The second-order valence-corrected chi connectivity index (χ2v) is 6.80. The van der Waals surface area contributed by atoms with Crippen molar-refractivity contribution in [2.75, 3.05) is 0 Å². The van der Waals surface area contributed by atoms with Crippen LogP contribution in [0.1, 0.15) is 49.1 Å². The number of hydrogen-bond donors (Lipinski definition) is 1. The Morgan fingerprint density at radius 1 is 0.950 bits per heavy atom. The van der Waals surface area contributed by atoms with Gasteiger partial charge in [-0.05, 0) is 35.4 Å². The summed E-state index contributed by atoms with van der Waals surface area (Å²) in [5.74, 6) is 0. The summed E-state index contributed by atoms with van der Waals surface area (Å²) in [5.41, 5.74) is 4.68. The second-order valence-electron chi connectivity index (χ2n) is 6.80. The lowest BCUT2D eigenvalue weighted by Crippen LogP contribution is -2.10. The van der Waals surface area contributed by atoms with E-state index >= 15 is 0 Å². The van der Waals surface area contributed by atoms with Gasteiger partial charge in [-0.1, -0.05) is 74.9 Å². The van der Waals surface area contributed by atoms with Crippen LogP contribution in [0.3, 0.4) is 0 Å². The zero-order valence-electron chi connectivity index (χ0n) is 12.9. The number of aryl methyl sites for hydroxylation is 1. The Morgan fingerprint density at radius 2 is 1.60 bits per heavy atom. The number of rotatable bonds is 3. The lowest BCUT2D eigenvalue weighted by atomic mass is 9.86. The maximum absolute atomic E-state index is 10.5. The summed E-state index contributed by atoms with van der Waals surface area (Å²) in [7, 11) is 0. The number of hydrogen-bond acceptors (Lipinski definition) is 1. The Hall–Kier alpha value is -1.60. The van der Waals surface area contributed by atoms with E-state index in [2.05, 4.69) is 45.9 Å². The SMILES string of the molecule is Cc1cc(CC(C)(C)C)cc(C(O)c2ccccc2)c1. The maximum Gasteiger partial charge on any atom is 0.104 e. The molecule has 2 aromatic rings. The van der Waals surface area contributed by atoms with Gasteiger partial charge in [0.05, 0.1) is 0 Å². The third-order valence-corrected chi connectivity index (χ3v) is 3.32. The highest BCUT2D eigenvalue weighted by Gasteiger charge is 2.15. The van der Waals surface area contributed by atoms with Gasteiger partial charge in [0.25, 0.3) is 0 Å². The van der Waals surface area contributed by atoms with Crippen LogP contribution in [0.15, 0.2) is 48.5 Å². The van der Waals surface area contributed by atoms with E-state index in [1.54, 1.807) is 0 Å². The largest absolute Gasteiger partial charge is 0.384 e. The molecule has 0 amide bonds. The first-order valence-corrected chi connectivity index (χ1v) is 7.19. The van der Waals surface area contributed by atoms with Gasteiger partial charge in [-0.2, -0.15) is 0 Å². The minimum atomic E-state index is -0.546. The Kier molecular flexibility index (Phi) is 4.29. The van der Waals surface area contributed by atoms with Gasteiger partial charge in [0.1, 0.15) is 6.10 Å². The normalized spacial score (nSPS) is 13.2. The van der Waals surface area contributed by atoms with Crippen LogP contribution in [-0.2, 0) is 6.42 Å². The molecule has 1 N–H and O–H groups in total. The van der Waals surface area contributed by atoms with Gasteiger partial charge in [0, 0.05) is 0 Å². The van der Waals surface area contributed by atoms with Crippen molar-refractivity contribution in [3.05, 3.63) is 70.8 Å². The molecule has 106 valence electrons. The number of aliphatic hydroxyl groups excluding tert-OH is 1. The van der Waals surface area contributed by atoms with Crippen LogP contribution in [-0.4, -0.2) is 5.11 Å². The van der Waals surface area contributed by atoms with Crippen LogP contribution in [0, 0.1) is 12.3 Å². The molecular formula is C19H24O. The smallest absolute Gasteiger partial charge is 0.104 e. The van der Waals surface area contributed by atoms with Crippen LogP contribution in [0.4, 0.5) is 0 Å². The molecule has 0 spiro atoms. The first-order chi connectivity index (χ1) is 9.35. The first-order valence-electron chi connectivity index (χ1n) is 7.19. The second kappa shape index (κ2) is 5.80. The molecule has 0 saturated carbocycles. The predicted octanol–water partition coefficient (Wildman–Crippen LogP) is 4.67. The van der Waals surface area contributed by atoms with E-state index in [-0.39, 0.29) is 5.41 Å². The molecule has 0 aliphatic rings. The average Bonchev–Trinajstić information content (AvgIpc) is 2.36. The van der Waals surface area contributed by atoms with Crippen LogP contribution in [0.25, 0.3) is 0 Å². The third kappa shape index (κ3) is 3.94. The van der Waals surface area contributed by atoms with Crippen LogP contribution >= 0.6 is 0 Å². The number of benzene rings is 2. The molecule has 0 aliphatic heterocycles. The minimum absolute atomic E-state index is 0.253. The topological polar surface area (TPSA) is 20.2 Å². The fourth-order valence-electron chi connectivity index (χ4n) is 2.59. The van der Waals surface area contributed by atoms with E-state index in [1.165, 1.54) is 11.1 Å². The molecule has 1 heteroatoms. The zero-order chi connectivity index (χ0) is 14.8. The summed E-state index contributed by atoms with van der Waals surface area (Å²) in [6.07, 6.45) is 0.471. The lowest BCUT2D eigenvalue weighted by Gasteiger charge is -2.20. The Balaban J connectivity index is 2.33. The van der Waals surface area contributed by atoms with Crippen molar-refractivity contribution in [1.29, 1.82) is 0 Å². The van der Waals surface area contributed by atoms with E-state index in [0.717, 1.165) is 17.5 Å². The van der Waals surface area contributed by atoms with Crippen molar-refractivity contribution >= 4 is 0 Å². The van der Waals surface area contributed by atoms with Gasteiger partial charge in [-0.3, -0.25) is 0 Å². The molecular weight excluding hydrogens is 244 g/mol. The van der Waals surface area contributed by atoms with E-state index in [4.69, 9.17) is 0 Å². The van der Waals surface area contributed by atoms with Gasteiger partial charge >= 0.3 is 0 Å². The molecule has 1 unspecified atom stereocenters. The fraction of sp³-hybridized carbons (Fsp3) is 0.368. The standard InChI is InChI=1S/C19H24O/c1-14-10-15(13-19(2,3)4)12-17(11-14)18(20)16-8-6-5-7-9-16/h5-12,18,20H,13H2,1-4H3. The molecule has 0 heterocycles. The lowest BCUT2D eigenvalue weighted by molar-refractivity contribution is 0.220. The highest BCUT2D eigenvalue weighted by atomic mass is 16.3. The highest BCUT2D eigenvalue weighted by Crippen LogP contribution is 2.27. The van der Waals surface area contributed by atoms with Crippen LogP contribution in [0.2, 0.25) is 0 Å². The molecule has 0 aromatic heterocycles. The van der Waals surface area contributed by atoms with E-state index in [1.807, 2.05) is 30.3 Å². The summed E-state index contributed by atoms with van der Waals surface area (Å²) < 4.78 is 0. The summed E-state index contributed by atoms with van der Waals surface area (Å²) >= 11 is 0.